The summed E-state index contributed by atoms with van der Waals surface area (Å²) in [5.41, 5.74) is 3.75. The lowest BCUT2D eigenvalue weighted by Gasteiger charge is -2.14. The van der Waals surface area contributed by atoms with Gasteiger partial charge < -0.3 is 15.4 Å². The summed E-state index contributed by atoms with van der Waals surface area (Å²) >= 11 is 0. The Balaban J connectivity index is 1.43. The van der Waals surface area contributed by atoms with Crippen LogP contribution in [0.5, 0.6) is 5.75 Å². The molecule has 30 heavy (non-hydrogen) atoms. The first kappa shape index (κ1) is 19.5. The zero-order valence-electron chi connectivity index (χ0n) is 17.1. The lowest BCUT2D eigenvalue weighted by molar-refractivity contribution is -0.117. The second-order valence-electron chi connectivity index (χ2n) is 7.25. The van der Waals surface area contributed by atoms with E-state index in [0.717, 1.165) is 39.1 Å². The Hall–Kier alpha value is -3.79. The van der Waals surface area contributed by atoms with Gasteiger partial charge in [-0.1, -0.05) is 42.5 Å². The number of hydrogen-bond donors (Lipinski definition) is 2. The third kappa shape index (κ3) is 4.44. The maximum Gasteiger partial charge on any atom is 0.231 e. The Morgan fingerprint density at radius 2 is 1.40 bits per heavy atom. The van der Waals surface area contributed by atoms with Crippen molar-refractivity contribution in [3.05, 3.63) is 96.6 Å². The van der Waals surface area contributed by atoms with Gasteiger partial charge in [0.2, 0.25) is 5.91 Å². The zero-order valence-corrected chi connectivity index (χ0v) is 17.1. The number of anilines is 3. The molecule has 4 aromatic carbocycles. The van der Waals surface area contributed by atoms with Crippen LogP contribution in [0.3, 0.4) is 0 Å². The van der Waals surface area contributed by atoms with Crippen molar-refractivity contribution < 1.29 is 9.53 Å². The van der Waals surface area contributed by atoms with Crippen LogP contribution in [-0.2, 0) is 4.79 Å². The fraction of sp³-hybridized carbons (Fsp3) is 0.115. The highest BCUT2D eigenvalue weighted by molar-refractivity contribution is 5.96. The lowest BCUT2D eigenvalue weighted by atomic mass is 9.97. The number of nitrogens with one attached hydrogen (secondary N) is 2. The van der Waals surface area contributed by atoms with Gasteiger partial charge in [0, 0.05) is 17.1 Å². The average molecular weight is 396 g/mol. The summed E-state index contributed by atoms with van der Waals surface area (Å²) in [4.78, 5) is 12.8. The van der Waals surface area contributed by atoms with E-state index in [1.54, 1.807) is 7.11 Å². The third-order valence-electron chi connectivity index (χ3n) is 5.18. The first-order valence-electron chi connectivity index (χ1n) is 9.93. The molecule has 0 saturated carbocycles. The smallest absolute Gasteiger partial charge is 0.231 e. The quantitative estimate of drug-likeness (QED) is 0.400. The Kier molecular flexibility index (Phi) is 5.66. The second kappa shape index (κ2) is 8.70. The van der Waals surface area contributed by atoms with E-state index < -0.39 is 0 Å². The molecular weight excluding hydrogens is 372 g/mol. The monoisotopic (exact) mass is 396 g/mol. The van der Waals surface area contributed by atoms with E-state index in [1.165, 1.54) is 0 Å². The highest BCUT2D eigenvalue weighted by Gasteiger charge is 2.16. The third-order valence-corrected chi connectivity index (χ3v) is 5.18. The molecule has 2 N–H and O–H groups in total. The molecule has 0 radical (unpaired) electrons. The fourth-order valence-electron chi connectivity index (χ4n) is 3.37. The minimum atomic E-state index is -0.265. The summed E-state index contributed by atoms with van der Waals surface area (Å²) in [6, 6.07) is 29.7. The molecule has 0 aliphatic heterocycles. The van der Waals surface area contributed by atoms with Crippen molar-refractivity contribution in [1.82, 2.24) is 0 Å². The number of rotatable bonds is 6. The zero-order chi connectivity index (χ0) is 20.9. The molecule has 0 fully saturated rings. The number of para-hydroxylation sites is 1. The van der Waals surface area contributed by atoms with Gasteiger partial charge in [0.25, 0.3) is 0 Å². The standard InChI is InChI=1S/C26H24N2O2/c1-18(19-8-9-21-17-25(30-2)15-10-20(21)16-19)26(29)28-24-13-11-23(12-14-24)27-22-6-4-3-5-7-22/h3-18,27H,1-2H3,(H,28,29). The Morgan fingerprint density at radius 3 is 2.13 bits per heavy atom. The molecule has 4 heteroatoms. The van der Waals surface area contributed by atoms with Gasteiger partial charge in [0.15, 0.2) is 0 Å². The van der Waals surface area contributed by atoms with Crippen LogP contribution in [0.1, 0.15) is 18.4 Å². The first-order valence-corrected chi connectivity index (χ1v) is 9.93. The SMILES string of the molecule is COc1ccc2cc(C(C)C(=O)Nc3ccc(Nc4ccccc4)cc3)ccc2c1. The Morgan fingerprint density at radius 1 is 0.767 bits per heavy atom. The van der Waals surface area contributed by atoms with E-state index in [0.29, 0.717) is 0 Å². The molecule has 0 saturated heterocycles. The molecule has 0 spiro atoms. The van der Waals surface area contributed by atoms with Crippen LogP contribution < -0.4 is 15.4 Å². The number of amides is 1. The number of fused-ring (bicyclic) bond motifs is 1. The van der Waals surface area contributed by atoms with Crippen LogP contribution >= 0.6 is 0 Å². The van der Waals surface area contributed by atoms with Crippen LogP contribution in [0.25, 0.3) is 10.8 Å². The van der Waals surface area contributed by atoms with Crippen molar-refractivity contribution in [2.75, 3.05) is 17.7 Å². The predicted molar refractivity (Wildman–Crippen MR) is 124 cm³/mol. The van der Waals surface area contributed by atoms with E-state index in [4.69, 9.17) is 4.74 Å². The second-order valence-corrected chi connectivity index (χ2v) is 7.25. The summed E-state index contributed by atoms with van der Waals surface area (Å²) in [6.45, 7) is 1.92. The van der Waals surface area contributed by atoms with E-state index in [9.17, 15) is 4.79 Å². The van der Waals surface area contributed by atoms with Gasteiger partial charge in [-0.2, -0.15) is 0 Å². The average Bonchev–Trinajstić information content (AvgIpc) is 2.79. The normalized spacial score (nSPS) is 11.7. The predicted octanol–water partition coefficient (Wildman–Crippen LogP) is 6.33. The van der Waals surface area contributed by atoms with Crippen LogP contribution in [0.2, 0.25) is 0 Å². The Bertz CT molecular complexity index is 1150. The summed E-state index contributed by atoms with van der Waals surface area (Å²) in [7, 11) is 1.66. The largest absolute Gasteiger partial charge is 0.497 e. The molecule has 4 nitrogen and oxygen atoms in total. The molecule has 4 aromatic rings. The van der Waals surface area contributed by atoms with Crippen molar-refractivity contribution in [2.45, 2.75) is 12.8 Å². The van der Waals surface area contributed by atoms with Crippen LogP contribution in [0.4, 0.5) is 17.1 Å². The number of methoxy groups -OCH3 is 1. The number of benzene rings is 4. The molecule has 0 bridgehead atoms. The number of hydrogen-bond acceptors (Lipinski definition) is 3. The van der Waals surface area contributed by atoms with Crippen molar-refractivity contribution in [3.8, 4) is 5.75 Å². The van der Waals surface area contributed by atoms with Crippen LogP contribution in [0.15, 0.2) is 91.0 Å². The molecular formula is C26H24N2O2. The first-order chi connectivity index (χ1) is 14.6. The van der Waals surface area contributed by atoms with Crippen molar-refractivity contribution in [2.24, 2.45) is 0 Å². The van der Waals surface area contributed by atoms with Crippen LogP contribution in [0, 0.1) is 0 Å². The van der Waals surface area contributed by atoms with E-state index in [-0.39, 0.29) is 11.8 Å². The molecule has 150 valence electrons. The molecule has 0 aliphatic rings. The van der Waals surface area contributed by atoms with Gasteiger partial charge in [-0.05, 0) is 71.8 Å². The minimum absolute atomic E-state index is 0.0355. The fourth-order valence-corrected chi connectivity index (χ4v) is 3.37. The van der Waals surface area contributed by atoms with Crippen molar-refractivity contribution >= 4 is 33.7 Å². The molecule has 1 atom stereocenters. The molecule has 1 unspecified atom stereocenters. The van der Waals surface area contributed by atoms with Gasteiger partial charge in [-0.15, -0.1) is 0 Å². The molecule has 1 amide bonds. The minimum Gasteiger partial charge on any atom is -0.497 e. The van der Waals surface area contributed by atoms with Gasteiger partial charge in [-0.25, -0.2) is 0 Å². The molecule has 4 rings (SSSR count). The highest BCUT2D eigenvalue weighted by atomic mass is 16.5. The van der Waals surface area contributed by atoms with Crippen molar-refractivity contribution in [3.63, 3.8) is 0 Å². The van der Waals surface area contributed by atoms with E-state index in [1.807, 2.05) is 91.9 Å². The maximum absolute atomic E-state index is 12.8. The number of carbonyl (C=O) groups excluding carboxylic acids is 1. The summed E-state index contributed by atoms with van der Waals surface area (Å²) in [5, 5.41) is 8.52. The van der Waals surface area contributed by atoms with E-state index in [2.05, 4.69) is 16.7 Å². The lowest BCUT2D eigenvalue weighted by Crippen LogP contribution is -2.18. The summed E-state index contributed by atoms with van der Waals surface area (Å²) in [5.74, 6) is 0.525. The van der Waals surface area contributed by atoms with E-state index >= 15 is 0 Å². The summed E-state index contributed by atoms with van der Waals surface area (Å²) < 4.78 is 5.28. The van der Waals surface area contributed by atoms with Gasteiger partial charge in [0.1, 0.15) is 5.75 Å². The number of ether oxygens (including phenoxy) is 1. The summed E-state index contributed by atoms with van der Waals surface area (Å²) in [6.07, 6.45) is 0. The number of carbonyl (C=O) groups is 1. The molecule has 0 aromatic heterocycles. The van der Waals surface area contributed by atoms with Gasteiger partial charge in [0.05, 0.1) is 13.0 Å². The van der Waals surface area contributed by atoms with Gasteiger partial charge in [-0.3, -0.25) is 4.79 Å². The molecule has 0 heterocycles. The highest BCUT2D eigenvalue weighted by Crippen LogP contribution is 2.26. The van der Waals surface area contributed by atoms with Crippen LogP contribution in [-0.4, -0.2) is 13.0 Å². The van der Waals surface area contributed by atoms with Gasteiger partial charge >= 0.3 is 0 Å². The topological polar surface area (TPSA) is 50.4 Å². The molecule has 0 aliphatic carbocycles. The maximum atomic E-state index is 12.8. The van der Waals surface area contributed by atoms with Crippen molar-refractivity contribution in [1.29, 1.82) is 0 Å². The Labute approximate surface area is 176 Å².